The fourth-order valence-electron chi connectivity index (χ4n) is 7.20. The molecule has 3 fully saturated rings. The van der Waals surface area contributed by atoms with Crippen LogP contribution < -0.4 is 15.5 Å². The highest BCUT2D eigenvalue weighted by molar-refractivity contribution is 7.89. The van der Waals surface area contributed by atoms with Crippen LogP contribution in [0.3, 0.4) is 0 Å². The molecule has 2 N–H and O–H groups in total. The zero-order valence-corrected chi connectivity index (χ0v) is 29.1. The lowest BCUT2D eigenvalue weighted by atomic mass is 9.88. The molecule has 3 amide bonds. The molecule has 3 aliphatic heterocycles. The second kappa shape index (κ2) is 13.7. The molecule has 3 saturated heterocycles. The molecule has 13 nitrogen and oxygen atoms in total. The topological polar surface area (TPSA) is 146 Å². The number of piperidine rings is 2. The number of aromatic nitrogens is 4. The standard InChI is InChI=1S/C34H40ClN9O4S/c1-22(24-4-3-5-28(18-24)49(47,48)43-15-10-27(11-16-43)38-33-36-20-26(35)21-37-33)42-13-8-23(9-14-42)25-6-7-29-30(19-25)41(2)40-32(29)44-17-12-31(45)39-34(44)46/h3-7,18-23,27H,8-17H2,1-2H3,(H,36,37,38)(H,39,45,46). The maximum atomic E-state index is 13.7. The number of sulfonamides is 1. The van der Waals surface area contributed by atoms with Gasteiger partial charge in [0.2, 0.25) is 21.9 Å². The molecule has 0 radical (unpaired) electrons. The number of likely N-dealkylation sites (tertiary alicyclic amines) is 1. The van der Waals surface area contributed by atoms with Gasteiger partial charge in [-0.15, -0.1) is 0 Å². The summed E-state index contributed by atoms with van der Waals surface area (Å²) in [5.41, 5.74) is 3.17. The van der Waals surface area contributed by atoms with E-state index in [1.165, 1.54) is 22.9 Å². The Morgan fingerprint density at radius 1 is 0.959 bits per heavy atom. The number of hydrogen-bond acceptors (Lipinski definition) is 9. The van der Waals surface area contributed by atoms with Gasteiger partial charge in [0.1, 0.15) is 0 Å². The average Bonchev–Trinajstić information content (AvgIpc) is 3.44. The molecule has 1 atom stereocenters. The SMILES string of the molecule is CC(c1cccc(S(=O)(=O)N2CCC(Nc3ncc(Cl)cn3)CC2)c1)N1CCC(c2ccc3c(N4CCC(=O)NC4=O)nn(C)c3c2)CC1. The van der Waals surface area contributed by atoms with Crippen molar-refractivity contribution in [3.8, 4) is 0 Å². The molecule has 0 spiro atoms. The van der Waals surface area contributed by atoms with Crippen LogP contribution in [0.4, 0.5) is 16.6 Å². The number of carbonyl (C=O) groups excluding carboxylic acids is 2. The predicted molar refractivity (Wildman–Crippen MR) is 187 cm³/mol. The van der Waals surface area contributed by atoms with Gasteiger partial charge in [-0.25, -0.2) is 23.2 Å². The largest absolute Gasteiger partial charge is 0.351 e. The van der Waals surface area contributed by atoms with Gasteiger partial charge in [0.05, 0.1) is 27.8 Å². The molecule has 4 aromatic rings. The van der Waals surface area contributed by atoms with Crippen molar-refractivity contribution in [3.05, 3.63) is 71.0 Å². The monoisotopic (exact) mass is 705 g/mol. The van der Waals surface area contributed by atoms with E-state index in [9.17, 15) is 18.0 Å². The van der Waals surface area contributed by atoms with Crippen LogP contribution in [0.15, 0.2) is 59.8 Å². The molecule has 7 rings (SSSR count). The number of urea groups is 1. The number of rotatable bonds is 8. The molecule has 49 heavy (non-hydrogen) atoms. The number of carbonyl (C=O) groups is 2. The Hall–Kier alpha value is -4.11. The van der Waals surface area contributed by atoms with E-state index < -0.39 is 16.1 Å². The number of hydrogen-bond donors (Lipinski definition) is 2. The second-order valence-corrected chi connectivity index (χ2v) is 15.5. The molecule has 0 bridgehead atoms. The summed E-state index contributed by atoms with van der Waals surface area (Å²) in [4.78, 5) is 36.8. The van der Waals surface area contributed by atoms with E-state index in [-0.39, 0.29) is 24.4 Å². The lowest BCUT2D eigenvalue weighted by molar-refractivity contribution is -0.120. The maximum Gasteiger partial charge on any atom is 0.329 e. The van der Waals surface area contributed by atoms with E-state index >= 15 is 0 Å². The molecule has 5 heterocycles. The fraction of sp³-hybridized carbons (Fsp3) is 0.441. The summed E-state index contributed by atoms with van der Waals surface area (Å²) in [7, 11) is -1.76. The van der Waals surface area contributed by atoms with Crippen molar-refractivity contribution in [2.45, 2.75) is 61.9 Å². The molecule has 2 aromatic heterocycles. The van der Waals surface area contributed by atoms with E-state index in [0.29, 0.717) is 60.1 Å². The first-order valence-corrected chi connectivity index (χ1v) is 18.5. The van der Waals surface area contributed by atoms with Gasteiger partial charge in [-0.2, -0.15) is 9.40 Å². The Morgan fingerprint density at radius 2 is 1.69 bits per heavy atom. The van der Waals surface area contributed by atoms with Crippen molar-refractivity contribution in [2.75, 3.05) is 42.9 Å². The van der Waals surface area contributed by atoms with Gasteiger partial charge in [-0.3, -0.25) is 24.6 Å². The Labute approximate surface area is 290 Å². The number of benzene rings is 2. The first kappa shape index (κ1) is 33.4. The third-order valence-corrected chi connectivity index (χ3v) is 12.2. The van der Waals surface area contributed by atoms with Crippen LogP contribution in [0.25, 0.3) is 10.9 Å². The molecule has 15 heteroatoms. The number of fused-ring (bicyclic) bond motifs is 1. The van der Waals surface area contributed by atoms with Crippen molar-refractivity contribution in [2.24, 2.45) is 7.05 Å². The Kier molecular flexibility index (Phi) is 9.31. The molecule has 0 saturated carbocycles. The maximum absolute atomic E-state index is 13.7. The minimum Gasteiger partial charge on any atom is -0.351 e. The third kappa shape index (κ3) is 6.87. The minimum absolute atomic E-state index is 0.0649. The highest BCUT2D eigenvalue weighted by Crippen LogP contribution is 2.36. The normalized spacial score (nSPS) is 19.7. The number of nitrogens with zero attached hydrogens (tertiary/aromatic N) is 7. The quantitative estimate of drug-likeness (QED) is 0.267. The summed E-state index contributed by atoms with van der Waals surface area (Å²) in [5, 5.41) is 11.6. The van der Waals surface area contributed by atoms with Crippen LogP contribution in [-0.4, -0.2) is 88.1 Å². The summed E-state index contributed by atoms with van der Waals surface area (Å²) in [5.74, 6) is 1.16. The molecule has 1 unspecified atom stereocenters. The highest BCUT2D eigenvalue weighted by Gasteiger charge is 2.32. The van der Waals surface area contributed by atoms with E-state index in [2.05, 4.69) is 49.7 Å². The van der Waals surface area contributed by atoms with Crippen LogP contribution in [0.2, 0.25) is 5.02 Å². The van der Waals surface area contributed by atoms with Crippen molar-refractivity contribution in [1.82, 2.24) is 34.3 Å². The predicted octanol–water partition coefficient (Wildman–Crippen LogP) is 4.67. The number of aryl methyl sites for hydroxylation is 1. The van der Waals surface area contributed by atoms with Crippen LogP contribution in [0.1, 0.15) is 62.1 Å². The minimum atomic E-state index is -3.64. The summed E-state index contributed by atoms with van der Waals surface area (Å²) < 4.78 is 30.8. The molecule has 258 valence electrons. The lowest BCUT2D eigenvalue weighted by Crippen LogP contribution is -2.49. The van der Waals surface area contributed by atoms with Crippen LogP contribution in [-0.2, 0) is 21.9 Å². The van der Waals surface area contributed by atoms with Crippen molar-refractivity contribution >= 4 is 56.2 Å². The Balaban J connectivity index is 0.969. The zero-order valence-electron chi connectivity index (χ0n) is 27.5. The van der Waals surface area contributed by atoms with E-state index in [1.54, 1.807) is 15.1 Å². The van der Waals surface area contributed by atoms with Gasteiger partial charge < -0.3 is 5.32 Å². The van der Waals surface area contributed by atoms with E-state index in [0.717, 1.165) is 42.4 Å². The highest BCUT2D eigenvalue weighted by atomic mass is 35.5. The summed E-state index contributed by atoms with van der Waals surface area (Å²) in [6.45, 7) is 5.06. The van der Waals surface area contributed by atoms with Crippen molar-refractivity contribution < 1.29 is 18.0 Å². The smallest absolute Gasteiger partial charge is 0.329 e. The average molecular weight is 706 g/mol. The Morgan fingerprint density at radius 3 is 2.41 bits per heavy atom. The number of anilines is 2. The Bertz CT molecular complexity index is 1970. The molecule has 0 aliphatic carbocycles. The second-order valence-electron chi connectivity index (χ2n) is 13.1. The summed E-state index contributed by atoms with van der Waals surface area (Å²) >= 11 is 5.88. The molecule has 3 aliphatic rings. The van der Waals surface area contributed by atoms with Crippen molar-refractivity contribution in [3.63, 3.8) is 0 Å². The number of nitrogens with one attached hydrogen (secondary N) is 2. The molecule has 2 aromatic carbocycles. The van der Waals surface area contributed by atoms with Gasteiger partial charge in [-0.05, 0) is 87.0 Å². The van der Waals surface area contributed by atoms with E-state index in [1.807, 2.05) is 31.3 Å². The molecular weight excluding hydrogens is 666 g/mol. The fourth-order valence-corrected chi connectivity index (χ4v) is 8.82. The number of halogens is 1. The van der Waals surface area contributed by atoms with Gasteiger partial charge in [0, 0.05) is 50.6 Å². The third-order valence-electron chi connectivity index (χ3n) is 10.1. The van der Waals surface area contributed by atoms with Crippen molar-refractivity contribution in [1.29, 1.82) is 0 Å². The van der Waals surface area contributed by atoms with E-state index in [4.69, 9.17) is 11.6 Å². The number of amides is 3. The van der Waals surface area contributed by atoms with Crippen LogP contribution in [0.5, 0.6) is 0 Å². The van der Waals surface area contributed by atoms with Crippen LogP contribution in [0, 0.1) is 0 Å². The van der Waals surface area contributed by atoms with Gasteiger partial charge in [-0.1, -0.05) is 29.8 Å². The first-order chi connectivity index (χ1) is 23.6. The van der Waals surface area contributed by atoms with Gasteiger partial charge in [0.25, 0.3) is 0 Å². The zero-order chi connectivity index (χ0) is 34.3. The summed E-state index contributed by atoms with van der Waals surface area (Å²) in [6.07, 6.45) is 6.58. The van der Waals surface area contributed by atoms with Crippen LogP contribution >= 0.6 is 11.6 Å². The summed E-state index contributed by atoms with van der Waals surface area (Å²) in [6, 6.07) is 13.4. The first-order valence-electron chi connectivity index (χ1n) is 16.7. The number of imide groups is 1. The molecular formula is C34H40ClN9O4S. The van der Waals surface area contributed by atoms with Gasteiger partial charge in [0.15, 0.2) is 5.82 Å². The van der Waals surface area contributed by atoms with Gasteiger partial charge >= 0.3 is 6.03 Å². The lowest BCUT2D eigenvalue weighted by Gasteiger charge is -2.36.